The molecule has 0 radical (unpaired) electrons. The number of piperazine rings is 1. The fraction of sp³-hybridized carbons (Fsp3) is 0.304. The number of hydrogen-bond donors (Lipinski definition) is 1. The van der Waals surface area contributed by atoms with Crippen molar-refractivity contribution < 1.29 is 17.9 Å². The third-order valence-electron chi connectivity index (χ3n) is 5.67. The molecule has 3 aromatic rings. The van der Waals surface area contributed by atoms with Crippen LogP contribution in [-0.4, -0.2) is 67.0 Å². The van der Waals surface area contributed by atoms with Crippen molar-refractivity contribution in [2.24, 2.45) is 0 Å². The van der Waals surface area contributed by atoms with Crippen LogP contribution >= 0.6 is 0 Å². The fourth-order valence-corrected chi connectivity index (χ4v) is 5.50. The van der Waals surface area contributed by atoms with Gasteiger partial charge in [0.15, 0.2) is 0 Å². The van der Waals surface area contributed by atoms with Crippen molar-refractivity contribution in [2.45, 2.75) is 18.7 Å². The Kier molecular flexibility index (Phi) is 6.03. The molecule has 4 rings (SSSR count). The molecule has 1 fully saturated rings. The highest BCUT2D eigenvalue weighted by molar-refractivity contribution is 7.89. The predicted octanol–water partition coefficient (Wildman–Crippen LogP) is 2.85. The number of aryl methyl sites for hydroxylation is 2. The summed E-state index contributed by atoms with van der Waals surface area (Å²) >= 11 is 0. The van der Waals surface area contributed by atoms with Crippen LogP contribution in [0.15, 0.2) is 53.4 Å². The lowest BCUT2D eigenvalue weighted by Gasteiger charge is -2.34. The van der Waals surface area contributed by atoms with Crippen LogP contribution in [0, 0.1) is 13.8 Å². The Morgan fingerprint density at radius 1 is 1.00 bits per heavy atom. The second kappa shape index (κ2) is 8.76. The lowest BCUT2D eigenvalue weighted by Crippen LogP contribution is -2.50. The van der Waals surface area contributed by atoms with E-state index in [-0.39, 0.29) is 19.0 Å². The smallest absolute Gasteiger partial charge is 0.271 e. The maximum Gasteiger partial charge on any atom is 0.271 e. The summed E-state index contributed by atoms with van der Waals surface area (Å²) in [6, 6.07) is 14.5. The van der Waals surface area contributed by atoms with Gasteiger partial charge in [0.1, 0.15) is 11.4 Å². The monoisotopic (exact) mass is 454 g/mol. The van der Waals surface area contributed by atoms with Crippen LogP contribution in [0.5, 0.6) is 5.75 Å². The van der Waals surface area contributed by atoms with Crippen LogP contribution in [0.1, 0.15) is 21.6 Å². The lowest BCUT2D eigenvalue weighted by atomic mass is 10.1. The summed E-state index contributed by atoms with van der Waals surface area (Å²) in [6.45, 7) is 4.88. The molecule has 1 N–H and O–H groups in total. The quantitative estimate of drug-likeness (QED) is 0.640. The number of benzene rings is 2. The van der Waals surface area contributed by atoms with E-state index in [0.29, 0.717) is 29.4 Å². The molecule has 1 aliphatic rings. The van der Waals surface area contributed by atoms with Crippen molar-refractivity contribution in [2.75, 3.05) is 33.3 Å². The average Bonchev–Trinajstić information content (AvgIpc) is 3.29. The van der Waals surface area contributed by atoms with Crippen LogP contribution in [0.2, 0.25) is 0 Å². The molecule has 0 spiro atoms. The van der Waals surface area contributed by atoms with Gasteiger partial charge in [0.2, 0.25) is 10.0 Å². The SMILES string of the molecule is COc1ccc(-c2cc(C(=O)N3CCN(S(=O)(=O)c4ccc(C)cc4C)CC3)[nH]n2)cc1. The summed E-state index contributed by atoms with van der Waals surface area (Å²) in [5, 5.41) is 7.05. The number of carbonyl (C=O) groups excluding carboxylic acids is 1. The third kappa shape index (κ3) is 4.26. The van der Waals surface area contributed by atoms with Gasteiger partial charge in [0, 0.05) is 31.7 Å². The minimum Gasteiger partial charge on any atom is -0.497 e. The van der Waals surface area contributed by atoms with E-state index in [9.17, 15) is 13.2 Å². The topological polar surface area (TPSA) is 95.6 Å². The Labute approximate surface area is 187 Å². The van der Waals surface area contributed by atoms with Crippen molar-refractivity contribution in [3.05, 3.63) is 65.4 Å². The number of rotatable bonds is 5. The molecule has 0 bridgehead atoms. The van der Waals surface area contributed by atoms with Crippen molar-refractivity contribution in [3.8, 4) is 17.0 Å². The second-order valence-corrected chi connectivity index (χ2v) is 9.77. The zero-order valence-electron chi connectivity index (χ0n) is 18.3. The van der Waals surface area contributed by atoms with E-state index in [4.69, 9.17) is 4.74 Å². The second-order valence-electron chi connectivity index (χ2n) is 7.86. The number of H-pyrrole nitrogens is 1. The van der Waals surface area contributed by atoms with E-state index < -0.39 is 10.0 Å². The first kappa shape index (κ1) is 22.0. The minimum absolute atomic E-state index is 0.194. The molecule has 0 atom stereocenters. The van der Waals surface area contributed by atoms with Gasteiger partial charge in [-0.05, 0) is 55.8 Å². The van der Waals surface area contributed by atoms with Crippen LogP contribution < -0.4 is 4.74 Å². The third-order valence-corrected chi connectivity index (χ3v) is 7.73. The van der Waals surface area contributed by atoms with Gasteiger partial charge in [-0.3, -0.25) is 9.89 Å². The van der Waals surface area contributed by atoms with Crippen LogP contribution in [-0.2, 0) is 10.0 Å². The summed E-state index contributed by atoms with van der Waals surface area (Å²) in [6.07, 6.45) is 0. The fourth-order valence-electron chi connectivity index (χ4n) is 3.87. The molecule has 9 heteroatoms. The molecular weight excluding hydrogens is 428 g/mol. The number of aromatic amines is 1. The van der Waals surface area contributed by atoms with E-state index >= 15 is 0 Å². The number of nitrogens with one attached hydrogen (secondary N) is 1. The van der Waals surface area contributed by atoms with Gasteiger partial charge in [0.05, 0.1) is 17.7 Å². The summed E-state index contributed by atoms with van der Waals surface area (Å²) in [4.78, 5) is 14.9. The first-order valence-electron chi connectivity index (χ1n) is 10.4. The molecule has 168 valence electrons. The highest BCUT2D eigenvalue weighted by Crippen LogP contribution is 2.24. The molecule has 2 heterocycles. The Morgan fingerprint density at radius 3 is 2.31 bits per heavy atom. The number of ether oxygens (including phenoxy) is 1. The molecular formula is C23H26N4O4S. The molecule has 1 aromatic heterocycles. The van der Waals surface area contributed by atoms with Gasteiger partial charge in [-0.15, -0.1) is 0 Å². The molecule has 1 aliphatic heterocycles. The summed E-state index contributed by atoms with van der Waals surface area (Å²) in [7, 11) is -1.99. The number of carbonyl (C=O) groups is 1. The molecule has 1 saturated heterocycles. The maximum absolute atomic E-state index is 13.1. The van der Waals surface area contributed by atoms with Gasteiger partial charge in [-0.1, -0.05) is 17.7 Å². The molecule has 32 heavy (non-hydrogen) atoms. The van der Waals surface area contributed by atoms with Gasteiger partial charge in [-0.2, -0.15) is 9.40 Å². The summed E-state index contributed by atoms with van der Waals surface area (Å²) in [5.74, 6) is 0.551. The Bertz CT molecular complexity index is 1230. The van der Waals surface area contributed by atoms with Gasteiger partial charge < -0.3 is 9.64 Å². The van der Waals surface area contributed by atoms with E-state index in [1.54, 1.807) is 37.1 Å². The minimum atomic E-state index is -3.60. The Morgan fingerprint density at radius 2 is 1.69 bits per heavy atom. The number of amides is 1. The number of nitrogens with zero attached hydrogens (tertiary/aromatic N) is 3. The zero-order valence-corrected chi connectivity index (χ0v) is 19.1. The van der Waals surface area contributed by atoms with Crippen LogP contribution in [0.4, 0.5) is 0 Å². The Balaban J connectivity index is 1.43. The molecule has 0 saturated carbocycles. The van der Waals surface area contributed by atoms with Crippen LogP contribution in [0.25, 0.3) is 11.3 Å². The zero-order chi connectivity index (χ0) is 22.9. The number of methoxy groups -OCH3 is 1. The van der Waals surface area contributed by atoms with Crippen molar-refractivity contribution in [1.29, 1.82) is 0 Å². The molecule has 8 nitrogen and oxygen atoms in total. The van der Waals surface area contributed by atoms with E-state index in [2.05, 4.69) is 10.2 Å². The first-order valence-corrected chi connectivity index (χ1v) is 11.8. The number of aromatic nitrogens is 2. The largest absolute Gasteiger partial charge is 0.497 e. The van der Waals surface area contributed by atoms with E-state index in [1.165, 1.54) is 4.31 Å². The molecule has 1 amide bonds. The lowest BCUT2D eigenvalue weighted by molar-refractivity contribution is 0.0692. The van der Waals surface area contributed by atoms with Gasteiger partial charge >= 0.3 is 0 Å². The number of sulfonamides is 1. The standard InChI is InChI=1S/C23H26N4O4S/c1-16-4-9-22(17(2)14-16)32(29,30)27-12-10-26(11-13-27)23(28)21-15-20(24-25-21)18-5-7-19(31-3)8-6-18/h4-9,14-15H,10-13H2,1-3H3,(H,24,25). The molecule has 2 aromatic carbocycles. The van der Waals surface area contributed by atoms with Crippen LogP contribution in [0.3, 0.4) is 0 Å². The van der Waals surface area contributed by atoms with Crippen molar-refractivity contribution in [3.63, 3.8) is 0 Å². The highest BCUT2D eigenvalue weighted by atomic mass is 32.2. The normalized spacial score (nSPS) is 15.0. The van der Waals surface area contributed by atoms with E-state index in [1.807, 2.05) is 37.3 Å². The summed E-state index contributed by atoms with van der Waals surface area (Å²) in [5.41, 5.74) is 3.65. The van der Waals surface area contributed by atoms with E-state index in [0.717, 1.165) is 22.4 Å². The molecule has 0 aliphatic carbocycles. The van der Waals surface area contributed by atoms with Crippen molar-refractivity contribution >= 4 is 15.9 Å². The summed E-state index contributed by atoms with van der Waals surface area (Å²) < 4.78 is 32.8. The number of hydrogen-bond acceptors (Lipinski definition) is 5. The Hall–Kier alpha value is -3.17. The van der Waals surface area contributed by atoms with Crippen molar-refractivity contribution in [1.82, 2.24) is 19.4 Å². The predicted molar refractivity (Wildman–Crippen MR) is 121 cm³/mol. The average molecular weight is 455 g/mol. The van der Waals surface area contributed by atoms with Gasteiger partial charge in [0.25, 0.3) is 5.91 Å². The highest BCUT2D eigenvalue weighted by Gasteiger charge is 2.31. The maximum atomic E-state index is 13.1. The van der Waals surface area contributed by atoms with Gasteiger partial charge in [-0.25, -0.2) is 8.42 Å². The molecule has 0 unspecified atom stereocenters. The first-order chi connectivity index (χ1) is 15.3.